The van der Waals surface area contributed by atoms with Crippen LogP contribution in [0.2, 0.25) is 0 Å². The Balaban J connectivity index is 2.92. The van der Waals surface area contributed by atoms with Gasteiger partial charge in [0.05, 0.1) is 11.1 Å². The molecular formula is C11H8ClNO2. The van der Waals surface area contributed by atoms with Gasteiger partial charge >= 0.3 is 0 Å². The molecule has 1 heterocycles. The van der Waals surface area contributed by atoms with Gasteiger partial charge in [0, 0.05) is 11.6 Å². The molecule has 0 unspecified atom stereocenters. The fourth-order valence-corrected chi connectivity index (χ4v) is 1.69. The van der Waals surface area contributed by atoms with Crippen molar-refractivity contribution in [3.05, 3.63) is 45.7 Å². The smallest absolute Gasteiger partial charge is 0.257 e. The molecule has 0 radical (unpaired) electrons. The number of aromatic nitrogens is 1. The number of nitrogens with one attached hydrogen (secondary N) is 1. The van der Waals surface area contributed by atoms with Crippen LogP contribution in [-0.2, 0) is 0 Å². The Bertz CT molecular complexity index is 601. The molecule has 76 valence electrons. The molecule has 3 nitrogen and oxygen atoms in total. The van der Waals surface area contributed by atoms with Crippen LogP contribution >= 0.6 is 11.6 Å². The molecule has 0 atom stereocenters. The average Bonchev–Trinajstić information content (AvgIpc) is 2.19. The number of benzene rings is 1. The number of aromatic amines is 1. The number of aryl methyl sites for hydroxylation is 1. The minimum atomic E-state index is -0.736. The predicted octanol–water partition coefficient (Wildman–Crippen LogP) is 2.22. The molecule has 0 amide bonds. The monoisotopic (exact) mass is 221 g/mol. The van der Waals surface area contributed by atoms with Crippen LogP contribution in [0.25, 0.3) is 10.9 Å². The molecule has 0 aliphatic heterocycles. The van der Waals surface area contributed by atoms with Gasteiger partial charge in [-0.2, -0.15) is 0 Å². The van der Waals surface area contributed by atoms with Gasteiger partial charge in [-0.3, -0.25) is 9.59 Å². The van der Waals surface area contributed by atoms with Crippen molar-refractivity contribution in [3.63, 3.8) is 0 Å². The third-order valence-corrected chi connectivity index (χ3v) is 2.54. The summed E-state index contributed by atoms with van der Waals surface area (Å²) in [6.07, 6.45) is 1.35. The number of hydrogen-bond acceptors (Lipinski definition) is 2. The second kappa shape index (κ2) is 3.51. The highest BCUT2D eigenvalue weighted by molar-refractivity contribution is 6.67. The minimum absolute atomic E-state index is 0.0187. The summed E-state index contributed by atoms with van der Waals surface area (Å²) in [6, 6.07) is 5.33. The molecule has 4 heteroatoms. The largest absolute Gasteiger partial charge is 0.360 e. The van der Waals surface area contributed by atoms with Gasteiger partial charge in [0.1, 0.15) is 0 Å². The lowest BCUT2D eigenvalue weighted by molar-refractivity contribution is 0.108. The number of fused-ring (bicyclic) bond motifs is 1. The molecule has 0 aliphatic rings. The molecule has 2 rings (SSSR count). The highest BCUT2D eigenvalue weighted by Crippen LogP contribution is 2.13. The predicted molar refractivity (Wildman–Crippen MR) is 59.5 cm³/mol. The fourth-order valence-electron chi connectivity index (χ4n) is 1.55. The molecule has 1 aromatic heterocycles. The number of H-pyrrole nitrogens is 1. The summed E-state index contributed by atoms with van der Waals surface area (Å²) in [7, 11) is 0. The Morgan fingerprint density at radius 2 is 2.13 bits per heavy atom. The maximum absolute atomic E-state index is 11.8. The molecular weight excluding hydrogens is 214 g/mol. The fraction of sp³-hybridized carbons (Fsp3) is 0.0909. The average molecular weight is 222 g/mol. The van der Waals surface area contributed by atoms with E-state index in [2.05, 4.69) is 4.98 Å². The van der Waals surface area contributed by atoms with Crippen LogP contribution < -0.4 is 5.43 Å². The summed E-state index contributed by atoms with van der Waals surface area (Å²) in [5.74, 6) is 0. The summed E-state index contributed by atoms with van der Waals surface area (Å²) in [5.41, 5.74) is 1.35. The minimum Gasteiger partial charge on any atom is -0.360 e. The Morgan fingerprint density at radius 1 is 1.40 bits per heavy atom. The van der Waals surface area contributed by atoms with E-state index in [1.807, 2.05) is 13.0 Å². The molecule has 1 aromatic carbocycles. The van der Waals surface area contributed by atoms with Gasteiger partial charge in [0.15, 0.2) is 0 Å². The molecule has 1 N–H and O–H groups in total. The van der Waals surface area contributed by atoms with E-state index in [1.165, 1.54) is 6.20 Å². The third kappa shape index (κ3) is 1.55. The first-order chi connectivity index (χ1) is 7.11. The van der Waals surface area contributed by atoms with Crippen LogP contribution in [0, 0.1) is 6.92 Å². The van der Waals surface area contributed by atoms with E-state index >= 15 is 0 Å². The van der Waals surface area contributed by atoms with E-state index in [0.717, 1.165) is 11.1 Å². The number of para-hydroxylation sites is 1. The van der Waals surface area contributed by atoms with Gasteiger partial charge < -0.3 is 4.98 Å². The lowest BCUT2D eigenvalue weighted by Crippen LogP contribution is -2.12. The van der Waals surface area contributed by atoms with Gasteiger partial charge in [-0.15, -0.1) is 0 Å². The number of pyridine rings is 1. The van der Waals surface area contributed by atoms with Crippen LogP contribution in [0.5, 0.6) is 0 Å². The maximum atomic E-state index is 11.8. The topological polar surface area (TPSA) is 49.9 Å². The van der Waals surface area contributed by atoms with Crippen molar-refractivity contribution in [3.8, 4) is 0 Å². The van der Waals surface area contributed by atoms with Gasteiger partial charge in [-0.25, -0.2) is 0 Å². The van der Waals surface area contributed by atoms with Crippen LogP contribution in [-0.4, -0.2) is 10.2 Å². The molecule has 2 aromatic rings. The van der Waals surface area contributed by atoms with Crippen molar-refractivity contribution in [2.75, 3.05) is 0 Å². The first-order valence-corrected chi connectivity index (χ1v) is 4.80. The first kappa shape index (κ1) is 9.93. The van der Waals surface area contributed by atoms with E-state index in [9.17, 15) is 9.59 Å². The first-order valence-electron chi connectivity index (χ1n) is 4.42. The normalized spacial score (nSPS) is 10.5. The molecule has 0 saturated carbocycles. The Labute approximate surface area is 90.7 Å². The van der Waals surface area contributed by atoms with Crippen molar-refractivity contribution in [2.24, 2.45) is 0 Å². The van der Waals surface area contributed by atoms with E-state index in [0.29, 0.717) is 5.39 Å². The van der Waals surface area contributed by atoms with E-state index in [4.69, 9.17) is 11.6 Å². The lowest BCUT2D eigenvalue weighted by Gasteiger charge is -2.02. The highest BCUT2D eigenvalue weighted by atomic mass is 35.5. The zero-order chi connectivity index (χ0) is 11.0. The summed E-state index contributed by atoms with van der Waals surface area (Å²) < 4.78 is 0. The van der Waals surface area contributed by atoms with Gasteiger partial charge in [-0.05, 0) is 30.2 Å². The van der Waals surface area contributed by atoms with Crippen molar-refractivity contribution >= 4 is 27.7 Å². The molecule has 15 heavy (non-hydrogen) atoms. The summed E-state index contributed by atoms with van der Waals surface area (Å²) >= 11 is 5.29. The van der Waals surface area contributed by atoms with Gasteiger partial charge in [-0.1, -0.05) is 12.1 Å². The van der Waals surface area contributed by atoms with E-state index in [-0.39, 0.29) is 11.0 Å². The van der Waals surface area contributed by atoms with E-state index in [1.54, 1.807) is 12.1 Å². The van der Waals surface area contributed by atoms with Crippen molar-refractivity contribution in [2.45, 2.75) is 6.92 Å². The molecule has 0 aliphatic carbocycles. The number of carbonyl (C=O) groups excluding carboxylic acids is 1. The molecule has 0 bridgehead atoms. The van der Waals surface area contributed by atoms with E-state index < -0.39 is 5.24 Å². The molecule has 0 fully saturated rings. The third-order valence-electron chi connectivity index (χ3n) is 2.33. The summed E-state index contributed by atoms with van der Waals surface area (Å²) in [4.78, 5) is 25.6. The Kier molecular flexibility index (Phi) is 2.32. The second-order valence-electron chi connectivity index (χ2n) is 3.30. The van der Waals surface area contributed by atoms with Gasteiger partial charge in [0.2, 0.25) is 5.43 Å². The SMILES string of the molecule is Cc1cccc2c(=O)c(C(=O)Cl)c[nH]c12. The van der Waals surface area contributed by atoms with Crippen LogP contribution in [0.3, 0.4) is 0 Å². The number of hydrogen-bond donors (Lipinski definition) is 1. The Hall–Kier alpha value is -1.61. The zero-order valence-corrected chi connectivity index (χ0v) is 8.76. The standard InChI is InChI=1S/C11H8ClNO2/c1-6-3-2-4-7-9(6)13-5-8(10(7)14)11(12)15/h2-5H,1H3,(H,13,14). The van der Waals surface area contributed by atoms with Gasteiger partial charge in [0.25, 0.3) is 5.24 Å². The Morgan fingerprint density at radius 3 is 2.80 bits per heavy atom. The lowest BCUT2D eigenvalue weighted by atomic mass is 10.1. The quantitative estimate of drug-likeness (QED) is 0.751. The highest BCUT2D eigenvalue weighted by Gasteiger charge is 2.10. The van der Waals surface area contributed by atoms with Crippen molar-refractivity contribution < 1.29 is 4.79 Å². The second-order valence-corrected chi connectivity index (χ2v) is 3.65. The number of carbonyl (C=O) groups is 1. The van der Waals surface area contributed by atoms with Crippen molar-refractivity contribution in [1.82, 2.24) is 4.98 Å². The number of rotatable bonds is 1. The molecule has 0 spiro atoms. The van der Waals surface area contributed by atoms with Crippen LogP contribution in [0.15, 0.2) is 29.2 Å². The number of halogens is 1. The zero-order valence-electron chi connectivity index (χ0n) is 8.00. The van der Waals surface area contributed by atoms with Crippen molar-refractivity contribution in [1.29, 1.82) is 0 Å². The molecule has 0 saturated heterocycles. The maximum Gasteiger partial charge on any atom is 0.257 e. The summed E-state index contributed by atoms with van der Waals surface area (Å²) in [6.45, 7) is 1.89. The van der Waals surface area contributed by atoms with Crippen LogP contribution in [0.1, 0.15) is 15.9 Å². The van der Waals surface area contributed by atoms with Crippen LogP contribution in [0.4, 0.5) is 0 Å². The summed E-state index contributed by atoms with van der Waals surface area (Å²) in [5, 5.41) is -0.249.